The minimum atomic E-state index is -1.03. The number of hydrogen-bond acceptors (Lipinski definition) is 9. The van der Waals surface area contributed by atoms with Gasteiger partial charge in [0, 0.05) is 24.2 Å². The van der Waals surface area contributed by atoms with Gasteiger partial charge < -0.3 is 19.7 Å². The van der Waals surface area contributed by atoms with Gasteiger partial charge in [0.05, 0.1) is 40.9 Å². The zero-order valence-electron chi connectivity index (χ0n) is 24.5. The molecule has 0 unspecified atom stereocenters. The van der Waals surface area contributed by atoms with Gasteiger partial charge in [-0.3, -0.25) is 24.7 Å². The second-order valence-corrected chi connectivity index (χ2v) is 11.5. The highest BCUT2D eigenvalue weighted by atomic mass is 16.6. The fourth-order valence-corrected chi connectivity index (χ4v) is 6.45. The number of imide groups is 1. The molecular formula is C33H35N3O8. The first kappa shape index (κ1) is 31.0. The van der Waals surface area contributed by atoms with Crippen molar-refractivity contribution in [2.24, 2.45) is 23.7 Å². The fourth-order valence-electron chi connectivity index (χ4n) is 6.45. The van der Waals surface area contributed by atoms with Gasteiger partial charge in [0.1, 0.15) is 18.1 Å². The normalized spacial score (nSPS) is 21.3. The van der Waals surface area contributed by atoms with Gasteiger partial charge in [0.25, 0.3) is 5.69 Å². The van der Waals surface area contributed by atoms with Crippen molar-refractivity contribution in [3.05, 3.63) is 99.3 Å². The second kappa shape index (κ2) is 13.0. The third-order valence-corrected chi connectivity index (χ3v) is 8.51. The molecule has 230 valence electrons. The molecule has 44 heavy (non-hydrogen) atoms. The van der Waals surface area contributed by atoms with Gasteiger partial charge >= 0.3 is 0 Å². The smallest absolute Gasteiger partial charge is 0.271 e. The van der Waals surface area contributed by atoms with Crippen molar-refractivity contribution >= 4 is 34.8 Å². The molecular weight excluding hydrogens is 566 g/mol. The number of benzene rings is 1. The maximum Gasteiger partial charge on any atom is 0.271 e. The summed E-state index contributed by atoms with van der Waals surface area (Å²) in [5, 5.41) is 43.1. The number of non-ortho nitro benzene ring substituents is 1. The zero-order valence-corrected chi connectivity index (χ0v) is 24.5. The van der Waals surface area contributed by atoms with Crippen LogP contribution in [0.15, 0.2) is 76.4 Å². The van der Waals surface area contributed by atoms with Gasteiger partial charge in [-0.1, -0.05) is 31.6 Å². The van der Waals surface area contributed by atoms with Crippen molar-refractivity contribution in [3.8, 4) is 0 Å². The van der Waals surface area contributed by atoms with Crippen LogP contribution in [0.5, 0.6) is 0 Å². The number of allylic oxidation sites excluding steroid dienone is 2. The van der Waals surface area contributed by atoms with Gasteiger partial charge in [0.15, 0.2) is 0 Å². The Morgan fingerprint density at radius 1 is 1.14 bits per heavy atom. The molecule has 3 aromatic rings. The Balaban J connectivity index is 1.45. The van der Waals surface area contributed by atoms with E-state index < -0.39 is 47.2 Å². The van der Waals surface area contributed by atoms with Crippen LogP contribution in [0.25, 0.3) is 11.6 Å². The van der Waals surface area contributed by atoms with Crippen LogP contribution in [0.3, 0.4) is 0 Å². The molecule has 5 rings (SSSR count). The molecule has 2 aromatic heterocycles. The molecule has 1 aliphatic heterocycles. The van der Waals surface area contributed by atoms with Gasteiger partial charge in [-0.2, -0.15) is 0 Å². The molecule has 3 heterocycles. The standard InChI is InChI=1S/C33H35N3O8/c1-19(2)25-16-26-31(33(41)35(32(26)40)21-6-5-7-22(15-21)36(42)43)27(18-38)30(25)29(39)12-9-20(28-8-3-4-13-34-28)14-23-10-11-24(17-37)44-23/h3-8,10-11,13-15,19,26-27,29,31,37-39H,9,12,16-18H2,1-2H3/b20-14-/t26-,27+,29-,31-/m1/s1. The van der Waals surface area contributed by atoms with Crippen molar-refractivity contribution in [1.29, 1.82) is 0 Å². The van der Waals surface area contributed by atoms with E-state index in [1.807, 2.05) is 32.1 Å². The molecule has 2 aliphatic rings. The summed E-state index contributed by atoms with van der Waals surface area (Å²) in [6.45, 7) is 3.21. The van der Waals surface area contributed by atoms with Crippen LogP contribution in [0, 0.1) is 33.8 Å². The molecule has 11 heteroatoms. The van der Waals surface area contributed by atoms with Crippen molar-refractivity contribution in [2.45, 2.75) is 45.8 Å². The molecule has 1 aliphatic carbocycles. The Morgan fingerprint density at radius 2 is 1.93 bits per heavy atom. The van der Waals surface area contributed by atoms with Gasteiger partial charge in [0.2, 0.25) is 11.8 Å². The van der Waals surface area contributed by atoms with Crippen molar-refractivity contribution in [1.82, 2.24) is 4.98 Å². The Labute approximate surface area is 254 Å². The number of nitro groups is 1. The third kappa shape index (κ3) is 5.99. The highest BCUT2D eigenvalue weighted by Gasteiger charge is 2.55. The number of carbonyl (C=O) groups excluding carboxylic acids is 2. The predicted molar refractivity (Wildman–Crippen MR) is 162 cm³/mol. The van der Waals surface area contributed by atoms with E-state index in [1.165, 1.54) is 24.3 Å². The molecule has 4 atom stereocenters. The average molecular weight is 602 g/mol. The molecule has 2 amide bonds. The second-order valence-electron chi connectivity index (χ2n) is 11.5. The first-order chi connectivity index (χ1) is 21.1. The van der Waals surface area contributed by atoms with Crippen molar-refractivity contribution in [3.63, 3.8) is 0 Å². The largest absolute Gasteiger partial charge is 0.459 e. The SMILES string of the molecule is CC(C)C1=C([C@H](O)CC/C(=C/c2ccc(CO)o2)c2ccccn2)[C@H](CO)[C@@H]2C(=O)N(c3cccc([N+](=O)[O-])c3)C(=O)[C@@H]2C1. The topological polar surface area (TPSA) is 167 Å². The lowest BCUT2D eigenvalue weighted by Crippen LogP contribution is -2.39. The number of nitro benzene ring substituents is 1. The van der Waals surface area contributed by atoms with Crippen LogP contribution in [-0.2, 0) is 16.2 Å². The molecule has 0 spiro atoms. The summed E-state index contributed by atoms with van der Waals surface area (Å²) in [7, 11) is 0. The number of aliphatic hydroxyl groups excluding tert-OH is 3. The van der Waals surface area contributed by atoms with E-state index in [9.17, 15) is 35.0 Å². The first-order valence-corrected chi connectivity index (χ1v) is 14.6. The first-order valence-electron chi connectivity index (χ1n) is 14.6. The zero-order chi connectivity index (χ0) is 31.5. The molecule has 1 aromatic carbocycles. The number of fused-ring (bicyclic) bond motifs is 1. The third-order valence-electron chi connectivity index (χ3n) is 8.51. The number of aromatic nitrogens is 1. The van der Waals surface area contributed by atoms with Gasteiger partial charge in [-0.05, 0) is 72.7 Å². The van der Waals surface area contributed by atoms with Crippen LogP contribution >= 0.6 is 0 Å². The molecule has 1 fully saturated rings. The summed E-state index contributed by atoms with van der Waals surface area (Å²) >= 11 is 0. The molecule has 11 nitrogen and oxygen atoms in total. The van der Waals surface area contributed by atoms with E-state index in [4.69, 9.17) is 4.42 Å². The van der Waals surface area contributed by atoms with Crippen LogP contribution in [0.2, 0.25) is 0 Å². The number of nitrogens with zero attached hydrogens (tertiary/aromatic N) is 3. The Morgan fingerprint density at radius 3 is 2.57 bits per heavy atom. The minimum Gasteiger partial charge on any atom is -0.459 e. The Kier molecular flexibility index (Phi) is 9.19. The van der Waals surface area contributed by atoms with Crippen LogP contribution in [0.4, 0.5) is 11.4 Å². The number of amides is 2. The lowest BCUT2D eigenvalue weighted by molar-refractivity contribution is -0.384. The van der Waals surface area contributed by atoms with Gasteiger partial charge in [-0.25, -0.2) is 4.90 Å². The summed E-state index contributed by atoms with van der Waals surface area (Å²) in [4.78, 5) is 43.7. The maximum atomic E-state index is 13.8. The average Bonchev–Trinajstić information content (AvgIpc) is 3.59. The minimum absolute atomic E-state index is 0.0739. The molecule has 0 radical (unpaired) electrons. The Hall–Kier alpha value is -4.45. The molecule has 1 saturated heterocycles. The summed E-state index contributed by atoms with van der Waals surface area (Å²) < 4.78 is 5.66. The number of carbonyl (C=O) groups is 2. The van der Waals surface area contributed by atoms with E-state index in [0.29, 0.717) is 29.2 Å². The van der Waals surface area contributed by atoms with Crippen LogP contribution in [-0.4, -0.2) is 49.8 Å². The van der Waals surface area contributed by atoms with E-state index in [1.54, 1.807) is 24.4 Å². The summed E-state index contributed by atoms with van der Waals surface area (Å²) in [5.74, 6) is -2.61. The van der Waals surface area contributed by atoms with E-state index in [2.05, 4.69) is 4.98 Å². The number of aliphatic hydroxyl groups is 3. The van der Waals surface area contributed by atoms with E-state index >= 15 is 0 Å². The lowest BCUT2D eigenvalue weighted by Gasteiger charge is -2.38. The van der Waals surface area contributed by atoms with E-state index in [0.717, 1.165) is 16.0 Å². The van der Waals surface area contributed by atoms with Gasteiger partial charge in [-0.15, -0.1) is 0 Å². The van der Waals surface area contributed by atoms with Crippen LogP contribution in [0.1, 0.15) is 50.3 Å². The number of anilines is 1. The molecule has 0 saturated carbocycles. The monoisotopic (exact) mass is 601 g/mol. The highest BCUT2D eigenvalue weighted by molar-refractivity contribution is 6.22. The van der Waals surface area contributed by atoms with Crippen LogP contribution < -0.4 is 4.90 Å². The van der Waals surface area contributed by atoms with E-state index in [-0.39, 0.29) is 36.7 Å². The fraction of sp³-hybridized carbons (Fsp3) is 0.364. The number of hydrogen-bond donors (Lipinski definition) is 3. The number of rotatable bonds is 11. The summed E-state index contributed by atoms with van der Waals surface area (Å²) in [5.41, 5.74) is 2.72. The Bertz CT molecular complexity index is 1610. The molecule has 0 bridgehead atoms. The quantitative estimate of drug-likeness (QED) is 0.124. The maximum absolute atomic E-state index is 13.8. The number of pyridine rings is 1. The summed E-state index contributed by atoms with van der Waals surface area (Å²) in [6, 6.07) is 14.3. The number of furan rings is 1. The highest BCUT2D eigenvalue weighted by Crippen LogP contribution is 2.49. The predicted octanol–water partition coefficient (Wildman–Crippen LogP) is 4.53. The lowest BCUT2D eigenvalue weighted by atomic mass is 9.66. The molecule has 3 N–H and O–H groups in total. The van der Waals surface area contributed by atoms with Crippen molar-refractivity contribution in [2.75, 3.05) is 11.5 Å². The summed E-state index contributed by atoms with van der Waals surface area (Å²) in [6.07, 6.45) is 3.30. The van der Waals surface area contributed by atoms with Crippen molar-refractivity contribution < 1.29 is 34.2 Å².